The van der Waals surface area contributed by atoms with Crippen molar-refractivity contribution in [3.8, 4) is 0 Å². The summed E-state index contributed by atoms with van der Waals surface area (Å²) in [7, 11) is 0. The molecular formula is C8H12N2O4S. The summed E-state index contributed by atoms with van der Waals surface area (Å²) < 4.78 is 0. The Kier molecular flexibility index (Phi) is 4.63. The van der Waals surface area contributed by atoms with Crippen molar-refractivity contribution in [2.75, 3.05) is 13.2 Å². The Morgan fingerprint density at radius 2 is 2.20 bits per heavy atom. The van der Waals surface area contributed by atoms with Crippen molar-refractivity contribution in [2.45, 2.75) is 12.6 Å². The molecule has 0 aromatic carbocycles. The summed E-state index contributed by atoms with van der Waals surface area (Å²) >= 11 is 1.05. The van der Waals surface area contributed by atoms with Gasteiger partial charge in [-0.25, -0.2) is 9.78 Å². The third kappa shape index (κ3) is 3.56. The summed E-state index contributed by atoms with van der Waals surface area (Å²) in [6, 6.07) is -0.403. The van der Waals surface area contributed by atoms with Crippen LogP contribution in [0.3, 0.4) is 0 Å². The average Bonchev–Trinajstić information content (AvgIpc) is 2.68. The summed E-state index contributed by atoms with van der Waals surface area (Å²) in [4.78, 5) is 14.4. The fourth-order valence-corrected chi connectivity index (χ4v) is 1.58. The Morgan fingerprint density at radius 1 is 1.53 bits per heavy atom. The molecule has 7 heteroatoms. The van der Waals surface area contributed by atoms with Gasteiger partial charge in [0.15, 0.2) is 0 Å². The SMILES string of the molecule is O=C(O)c1nc(CNC(CO)CO)cs1. The molecule has 0 aliphatic heterocycles. The molecule has 0 saturated carbocycles. The van der Waals surface area contributed by atoms with Crippen molar-refractivity contribution in [1.82, 2.24) is 10.3 Å². The fourth-order valence-electron chi connectivity index (χ4n) is 0.922. The van der Waals surface area contributed by atoms with Gasteiger partial charge in [-0.1, -0.05) is 0 Å². The first-order chi connectivity index (χ1) is 7.17. The number of aliphatic hydroxyl groups excluding tert-OH is 2. The Balaban J connectivity index is 2.47. The maximum absolute atomic E-state index is 10.5. The number of aliphatic hydroxyl groups is 2. The van der Waals surface area contributed by atoms with E-state index in [4.69, 9.17) is 15.3 Å². The molecule has 0 atom stereocenters. The molecule has 6 nitrogen and oxygen atoms in total. The fraction of sp³-hybridized carbons (Fsp3) is 0.500. The summed E-state index contributed by atoms with van der Waals surface area (Å²) in [5.74, 6) is -1.05. The highest BCUT2D eigenvalue weighted by atomic mass is 32.1. The van der Waals surface area contributed by atoms with Gasteiger partial charge >= 0.3 is 5.97 Å². The van der Waals surface area contributed by atoms with Crippen LogP contribution in [0.25, 0.3) is 0 Å². The Labute approximate surface area is 90.2 Å². The summed E-state index contributed by atoms with van der Waals surface area (Å²) in [5.41, 5.74) is 0.587. The third-order valence-corrected chi connectivity index (χ3v) is 2.63. The normalized spacial score (nSPS) is 10.9. The molecule has 1 aromatic rings. The van der Waals surface area contributed by atoms with Crippen LogP contribution in [0.4, 0.5) is 0 Å². The second-order valence-electron chi connectivity index (χ2n) is 2.89. The van der Waals surface area contributed by atoms with E-state index in [1.807, 2.05) is 0 Å². The maximum Gasteiger partial charge on any atom is 0.365 e. The van der Waals surface area contributed by atoms with Crippen LogP contribution in [0.15, 0.2) is 5.38 Å². The number of carbonyl (C=O) groups is 1. The standard InChI is InChI=1S/C8H12N2O4S/c11-2-6(3-12)9-1-5-4-15-7(10-5)8(13)14/h4,6,9,11-12H,1-3H2,(H,13,14). The van der Waals surface area contributed by atoms with Crippen LogP contribution < -0.4 is 5.32 Å². The maximum atomic E-state index is 10.5. The number of thiazole rings is 1. The molecule has 84 valence electrons. The molecule has 0 spiro atoms. The van der Waals surface area contributed by atoms with Crippen LogP contribution in [-0.2, 0) is 6.54 Å². The zero-order valence-corrected chi connectivity index (χ0v) is 8.70. The van der Waals surface area contributed by atoms with Crippen molar-refractivity contribution >= 4 is 17.3 Å². The number of carboxylic acid groups (broad SMARTS) is 1. The number of hydrogen-bond donors (Lipinski definition) is 4. The van der Waals surface area contributed by atoms with Crippen LogP contribution in [0, 0.1) is 0 Å². The van der Waals surface area contributed by atoms with Gasteiger partial charge < -0.3 is 20.6 Å². The first-order valence-corrected chi connectivity index (χ1v) is 5.18. The predicted octanol–water partition coefficient (Wildman–Crippen LogP) is -0.716. The minimum Gasteiger partial charge on any atom is -0.476 e. The lowest BCUT2D eigenvalue weighted by molar-refractivity contribution is 0.0696. The molecule has 4 N–H and O–H groups in total. The Bertz CT molecular complexity index is 324. The number of nitrogens with one attached hydrogen (secondary N) is 1. The molecule has 0 aliphatic carbocycles. The highest BCUT2D eigenvalue weighted by molar-refractivity contribution is 7.11. The molecule has 0 bridgehead atoms. The minimum atomic E-state index is -1.05. The van der Waals surface area contributed by atoms with E-state index in [9.17, 15) is 4.79 Å². The van der Waals surface area contributed by atoms with Gasteiger partial charge in [-0.15, -0.1) is 11.3 Å². The molecule has 15 heavy (non-hydrogen) atoms. The van der Waals surface area contributed by atoms with Gasteiger partial charge in [0.2, 0.25) is 5.01 Å². The highest BCUT2D eigenvalue weighted by Gasteiger charge is 2.10. The highest BCUT2D eigenvalue weighted by Crippen LogP contribution is 2.09. The van der Waals surface area contributed by atoms with Crippen LogP contribution >= 0.6 is 11.3 Å². The molecule has 0 aliphatic rings. The lowest BCUT2D eigenvalue weighted by atomic mass is 10.3. The van der Waals surface area contributed by atoms with Crippen molar-refractivity contribution < 1.29 is 20.1 Å². The van der Waals surface area contributed by atoms with Crippen molar-refractivity contribution in [3.05, 3.63) is 16.1 Å². The van der Waals surface area contributed by atoms with Gasteiger partial charge in [0.05, 0.1) is 24.9 Å². The van der Waals surface area contributed by atoms with Gasteiger partial charge in [0.25, 0.3) is 0 Å². The molecule has 1 rings (SSSR count). The molecule has 0 fully saturated rings. The zero-order valence-electron chi connectivity index (χ0n) is 7.88. The van der Waals surface area contributed by atoms with Gasteiger partial charge in [0, 0.05) is 11.9 Å². The topological polar surface area (TPSA) is 103 Å². The van der Waals surface area contributed by atoms with Crippen LogP contribution in [0.1, 0.15) is 15.5 Å². The van der Waals surface area contributed by atoms with Crippen LogP contribution in [0.2, 0.25) is 0 Å². The van der Waals surface area contributed by atoms with E-state index in [2.05, 4.69) is 10.3 Å². The largest absolute Gasteiger partial charge is 0.476 e. The second kappa shape index (κ2) is 5.76. The van der Waals surface area contributed by atoms with E-state index in [0.29, 0.717) is 12.2 Å². The first-order valence-electron chi connectivity index (χ1n) is 4.30. The lowest BCUT2D eigenvalue weighted by Gasteiger charge is -2.11. The van der Waals surface area contributed by atoms with Crippen molar-refractivity contribution in [2.24, 2.45) is 0 Å². The van der Waals surface area contributed by atoms with Crippen molar-refractivity contribution in [1.29, 1.82) is 0 Å². The lowest BCUT2D eigenvalue weighted by Crippen LogP contribution is -2.35. The molecule has 0 unspecified atom stereocenters. The first kappa shape index (κ1) is 12.1. The van der Waals surface area contributed by atoms with Gasteiger partial charge in [-0.2, -0.15) is 0 Å². The Morgan fingerprint density at radius 3 is 2.67 bits per heavy atom. The number of rotatable bonds is 6. The molecule has 1 heterocycles. The summed E-state index contributed by atoms with van der Waals surface area (Å²) in [6.07, 6.45) is 0. The monoisotopic (exact) mass is 232 g/mol. The zero-order chi connectivity index (χ0) is 11.3. The average molecular weight is 232 g/mol. The van der Waals surface area contributed by atoms with E-state index in [1.54, 1.807) is 5.38 Å². The molecule has 0 radical (unpaired) electrons. The summed E-state index contributed by atoms with van der Waals surface area (Å²) in [5, 5.41) is 30.6. The quantitative estimate of drug-likeness (QED) is 0.516. The van der Waals surface area contributed by atoms with Crippen LogP contribution in [-0.4, -0.2) is 45.5 Å². The molecular weight excluding hydrogens is 220 g/mol. The van der Waals surface area contributed by atoms with Crippen LogP contribution in [0.5, 0.6) is 0 Å². The third-order valence-electron chi connectivity index (χ3n) is 1.75. The number of carboxylic acids is 1. The number of hydrogen-bond acceptors (Lipinski definition) is 6. The van der Waals surface area contributed by atoms with Gasteiger partial charge in [-0.3, -0.25) is 0 Å². The van der Waals surface area contributed by atoms with E-state index >= 15 is 0 Å². The number of nitrogens with zero attached hydrogens (tertiary/aromatic N) is 1. The second-order valence-corrected chi connectivity index (χ2v) is 3.75. The minimum absolute atomic E-state index is 0.0383. The number of aromatic carboxylic acids is 1. The smallest absolute Gasteiger partial charge is 0.365 e. The van der Waals surface area contributed by atoms with E-state index in [-0.39, 0.29) is 18.2 Å². The van der Waals surface area contributed by atoms with Gasteiger partial charge in [0.1, 0.15) is 0 Å². The predicted molar refractivity (Wildman–Crippen MR) is 53.9 cm³/mol. The molecule has 0 amide bonds. The molecule has 1 aromatic heterocycles. The van der Waals surface area contributed by atoms with E-state index in [1.165, 1.54) is 0 Å². The van der Waals surface area contributed by atoms with E-state index < -0.39 is 12.0 Å². The number of aromatic nitrogens is 1. The van der Waals surface area contributed by atoms with E-state index in [0.717, 1.165) is 11.3 Å². The molecule has 0 saturated heterocycles. The Hall–Kier alpha value is -1.02. The summed E-state index contributed by atoms with van der Waals surface area (Å²) in [6.45, 7) is -0.0194. The van der Waals surface area contributed by atoms with Crippen molar-refractivity contribution in [3.63, 3.8) is 0 Å². The van der Waals surface area contributed by atoms with Gasteiger partial charge in [-0.05, 0) is 0 Å².